The number of fused-ring (bicyclic) bond motifs is 1. The monoisotopic (exact) mass is 561 g/mol. The minimum Gasteiger partial charge on any atom is -0.353 e. The van der Waals surface area contributed by atoms with Gasteiger partial charge in [-0.2, -0.15) is 0 Å². The largest absolute Gasteiger partial charge is 0.353 e. The molecule has 0 aliphatic carbocycles. The number of amides is 2. The van der Waals surface area contributed by atoms with E-state index in [1.165, 1.54) is 13.3 Å². The van der Waals surface area contributed by atoms with Crippen LogP contribution in [0, 0.1) is 0 Å². The minimum atomic E-state index is -0.578. The summed E-state index contributed by atoms with van der Waals surface area (Å²) in [5, 5.41) is 6.77. The van der Waals surface area contributed by atoms with Crippen LogP contribution in [-0.2, 0) is 16.1 Å². The van der Waals surface area contributed by atoms with Gasteiger partial charge in [0.25, 0.3) is 0 Å². The first-order valence-electron chi connectivity index (χ1n) is 11.8. The SMILES string of the molecule is CC(=O)c1cn(CC(=O)N2CCC[C@H]2C(=O)Nc2cccc(Br)n2)c2ccc(Nc3cncnc3)cc12. The highest BCUT2D eigenvalue weighted by Crippen LogP contribution is 2.28. The summed E-state index contributed by atoms with van der Waals surface area (Å²) in [6.07, 6.45) is 7.78. The van der Waals surface area contributed by atoms with E-state index in [-0.39, 0.29) is 24.1 Å². The fraction of sp³-hybridized carbons (Fsp3) is 0.231. The van der Waals surface area contributed by atoms with Crippen LogP contribution < -0.4 is 10.6 Å². The highest BCUT2D eigenvalue weighted by atomic mass is 79.9. The molecule has 0 saturated carbocycles. The number of likely N-dealkylation sites (tertiary alicyclic amines) is 1. The first-order valence-corrected chi connectivity index (χ1v) is 12.6. The zero-order chi connectivity index (χ0) is 25.9. The molecule has 5 rings (SSSR count). The highest BCUT2D eigenvalue weighted by Gasteiger charge is 2.34. The summed E-state index contributed by atoms with van der Waals surface area (Å²) in [4.78, 5) is 52.6. The number of aromatic nitrogens is 4. The van der Waals surface area contributed by atoms with Gasteiger partial charge in [-0.1, -0.05) is 6.07 Å². The van der Waals surface area contributed by atoms with Crippen molar-refractivity contribution >= 4 is 61.6 Å². The quantitative estimate of drug-likeness (QED) is 0.256. The van der Waals surface area contributed by atoms with Crippen LogP contribution in [0.15, 0.2) is 65.9 Å². The molecule has 10 nitrogen and oxygen atoms in total. The number of nitrogens with zero attached hydrogens (tertiary/aromatic N) is 5. The standard InChI is InChI=1S/C26H24BrN7O3/c1-16(35)20-13-33(21-8-7-17(10-19(20)21)30-18-11-28-15-29-12-18)14-25(36)34-9-3-4-22(34)26(37)32-24-6-2-5-23(27)31-24/h2,5-8,10-13,15,22,30H,3-4,9,14H2,1H3,(H,31,32,37)/t22-/m0/s1. The molecule has 1 aliphatic heterocycles. The van der Waals surface area contributed by atoms with E-state index in [1.54, 1.807) is 46.3 Å². The average Bonchev–Trinajstić information content (AvgIpc) is 3.50. The zero-order valence-electron chi connectivity index (χ0n) is 20.0. The Balaban J connectivity index is 1.36. The number of rotatable bonds is 7. The zero-order valence-corrected chi connectivity index (χ0v) is 21.6. The van der Waals surface area contributed by atoms with E-state index in [9.17, 15) is 14.4 Å². The maximum Gasteiger partial charge on any atom is 0.248 e. The molecule has 188 valence electrons. The Bertz CT molecular complexity index is 1490. The highest BCUT2D eigenvalue weighted by molar-refractivity contribution is 9.10. The predicted molar refractivity (Wildman–Crippen MR) is 143 cm³/mol. The van der Waals surface area contributed by atoms with Crippen LogP contribution in [0.3, 0.4) is 0 Å². The third-order valence-electron chi connectivity index (χ3n) is 6.26. The van der Waals surface area contributed by atoms with Crippen LogP contribution in [0.5, 0.6) is 0 Å². The smallest absolute Gasteiger partial charge is 0.248 e. The normalized spacial score (nSPS) is 15.1. The number of hydrogen-bond acceptors (Lipinski definition) is 7. The predicted octanol–water partition coefficient (Wildman–Crippen LogP) is 4.16. The molecule has 4 heterocycles. The Kier molecular flexibility index (Phi) is 6.95. The number of carbonyl (C=O) groups is 3. The maximum atomic E-state index is 13.4. The summed E-state index contributed by atoms with van der Waals surface area (Å²) in [6.45, 7) is 2.01. The molecule has 4 aromatic rings. The number of anilines is 3. The lowest BCUT2D eigenvalue weighted by Gasteiger charge is -2.24. The molecular formula is C26H24BrN7O3. The van der Waals surface area contributed by atoms with Crippen LogP contribution in [0.1, 0.15) is 30.1 Å². The minimum absolute atomic E-state index is 0.0159. The van der Waals surface area contributed by atoms with Gasteiger partial charge in [0.15, 0.2) is 5.78 Å². The number of ketones is 1. The lowest BCUT2D eigenvalue weighted by Crippen LogP contribution is -2.44. The van der Waals surface area contributed by atoms with E-state index < -0.39 is 6.04 Å². The molecule has 1 saturated heterocycles. The number of halogens is 1. The summed E-state index contributed by atoms with van der Waals surface area (Å²) in [7, 11) is 0. The van der Waals surface area contributed by atoms with Gasteiger partial charge in [0.1, 0.15) is 29.3 Å². The lowest BCUT2D eigenvalue weighted by molar-refractivity contribution is -0.137. The molecule has 1 aromatic carbocycles. The molecule has 0 radical (unpaired) electrons. The number of hydrogen-bond donors (Lipinski definition) is 2. The van der Waals surface area contributed by atoms with Crippen molar-refractivity contribution in [1.29, 1.82) is 0 Å². The van der Waals surface area contributed by atoms with Gasteiger partial charge in [0.05, 0.1) is 18.1 Å². The summed E-state index contributed by atoms with van der Waals surface area (Å²) in [5.74, 6) is -0.127. The fourth-order valence-electron chi connectivity index (χ4n) is 4.58. The van der Waals surface area contributed by atoms with E-state index in [0.717, 1.165) is 28.7 Å². The van der Waals surface area contributed by atoms with Gasteiger partial charge in [0, 0.05) is 34.9 Å². The van der Waals surface area contributed by atoms with Crippen molar-refractivity contribution in [2.45, 2.75) is 32.4 Å². The van der Waals surface area contributed by atoms with Crippen molar-refractivity contribution in [2.75, 3.05) is 17.2 Å². The molecule has 1 fully saturated rings. The first kappa shape index (κ1) is 24.6. The Labute approximate surface area is 221 Å². The van der Waals surface area contributed by atoms with Gasteiger partial charge in [-0.25, -0.2) is 15.0 Å². The van der Waals surface area contributed by atoms with Crippen LogP contribution in [0.4, 0.5) is 17.2 Å². The number of carbonyl (C=O) groups excluding carboxylic acids is 3. The van der Waals surface area contributed by atoms with E-state index >= 15 is 0 Å². The third-order valence-corrected chi connectivity index (χ3v) is 6.70. The van der Waals surface area contributed by atoms with Gasteiger partial charge in [-0.15, -0.1) is 0 Å². The van der Waals surface area contributed by atoms with Crippen molar-refractivity contribution in [1.82, 2.24) is 24.4 Å². The van der Waals surface area contributed by atoms with Crippen molar-refractivity contribution in [3.05, 3.63) is 71.5 Å². The molecule has 2 amide bonds. The summed E-state index contributed by atoms with van der Waals surface area (Å²) >= 11 is 3.30. The second-order valence-corrected chi connectivity index (χ2v) is 9.60. The van der Waals surface area contributed by atoms with Crippen molar-refractivity contribution < 1.29 is 14.4 Å². The van der Waals surface area contributed by atoms with Crippen LogP contribution in [0.2, 0.25) is 0 Å². The summed E-state index contributed by atoms with van der Waals surface area (Å²) < 4.78 is 2.38. The molecule has 0 bridgehead atoms. The second-order valence-electron chi connectivity index (χ2n) is 8.79. The Hall–Kier alpha value is -4.12. The van der Waals surface area contributed by atoms with Gasteiger partial charge in [0.2, 0.25) is 11.8 Å². The lowest BCUT2D eigenvalue weighted by atomic mass is 10.1. The molecule has 1 atom stereocenters. The van der Waals surface area contributed by atoms with Crippen LogP contribution >= 0.6 is 15.9 Å². The van der Waals surface area contributed by atoms with Crippen LogP contribution in [-0.4, -0.2) is 54.6 Å². The number of Topliss-reactive ketones (excluding diaryl/α,β-unsaturated/α-hetero) is 1. The van der Waals surface area contributed by atoms with Gasteiger partial charge < -0.3 is 20.1 Å². The van der Waals surface area contributed by atoms with Gasteiger partial charge in [-0.3, -0.25) is 14.4 Å². The molecular weight excluding hydrogens is 538 g/mol. The molecule has 2 N–H and O–H groups in total. The number of benzene rings is 1. The van der Waals surface area contributed by atoms with E-state index in [2.05, 4.69) is 41.5 Å². The van der Waals surface area contributed by atoms with Crippen molar-refractivity contribution in [3.63, 3.8) is 0 Å². The molecule has 11 heteroatoms. The second kappa shape index (κ2) is 10.5. The Morgan fingerprint density at radius 3 is 2.68 bits per heavy atom. The average molecular weight is 562 g/mol. The number of pyridine rings is 1. The van der Waals surface area contributed by atoms with E-state index in [1.807, 2.05) is 18.2 Å². The Morgan fingerprint density at radius 1 is 1.11 bits per heavy atom. The number of nitrogens with one attached hydrogen (secondary N) is 2. The molecule has 3 aromatic heterocycles. The van der Waals surface area contributed by atoms with Gasteiger partial charge in [-0.05, 0) is 66.0 Å². The maximum absolute atomic E-state index is 13.4. The van der Waals surface area contributed by atoms with Crippen molar-refractivity contribution in [3.8, 4) is 0 Å². The fourth-order valence-corrected chi connectivity index (χ4v) is 4.92. The molecule has 1 aliphatic rings. The summed E-state index contributed by atoms with van der Waals surface area (Å²) in [6, 6.07) is 10.3. The molecule has 0 spiro atoms. The first-order chi connectivity index (χ1) is 17.9. The van der Waals surface area contributed by atoms with Crippen molar-refractivity contribution in [2.24, 2.45) is 0 Å². The Morgan fingerprint density at radius 2 is 1.92 bits per heavy atom. The topological polar surface area (TPSA) is 122 Å². The molecule has 0 unspecified atom stereocenters. The van der Waals surface area contributed by atoms with E-state index in [0.29, 0.717) is 29.0 Å². The van der Waals surface area contributed by atoms with Gasteiger partial charge >= 0.3 is 0 Å². The van der Waals surface area contributed by atoms with E-state index in [4.69, 9.17) is 0 Å². The molecule has 37 heavy (non-hydrogen) atoms. The summed E-state index contributed by atoms with van der Waals surface area (Å²) in [5.41, 5.74) is 2.77. The van der Waals surface area contributed by atoms with Crippen LogP contribution in [0.25, 0.3) is 10.9 Å². The third kappa shape index (κ3) is 5.36.